The second-order valence-corrected chi connectivity index (χ2v) is 6.59. The van der Waals surface area contributed by atoms with Gasteiger partial charge in [-0.1, -0.05) is 91.0 Å². The van der Waals surface area contributed by atoms with Crippen LogP contribution in [0.1, 0.15) is 11.1 Å². The summed E-state index contributed by atoms with van der Waals surface area (Å²) in [4.78, 5) is 0. The van der Waals surface area contributed by atoms with E-state index in [-0.39, 0.29) is 0 Å². The second kappa shape index (κ2) is 6.20. The van der Waals surface area contributed by atoms with Crippen molar-refractivity contribution in [2.75, 3.05) is 0 Å². The summed E-state index contributed by atoms with van der Waals surface area (Å²) in [5.74, 6) is 1.94. The van der Waals surface area contributed by atoms with Crippen molar-refractivity contribution in [1.82, 2.24) is 0 Å². The molecule has 0 aromatic heterocycles. The van der Waals surface area contributed by atoms with Crippen molar-refractivity contribution >= 4 is 0 Å². The average Bonchev–Trinajstić information content (AvgIpc) is 2.72. The maximum absolute atomic E-state index is 6.43. The van der Waals surface area contributed by atoms with Gasteiger partial charge in [-0.05, 0) is 28.3 Å². The average molecular weight is 334 g/mol. The van der Waals surface area contributed by atoms with Crippen LogP contribution in [0.25, 0.3) is 22.3 Å². The van der Waals surface area contributed by atoms with E-state index in [4.69, 9.17) is 4.74 Å². The molecular formula is C25H18O. The molecule has 4 aromatic carbocycles. The van der Waals surface area contributed by atoms with E-state index in [0.29, 0.717) is 0 Å². The number of ether oxygens (including phenoxy) is 1. The third-order valence-corrected chi connectivity index (χ3v) is 4.98. The van der Waals surface area contributed by atoms with Gasteiger partial charge in [0.05, 0.1) is 0 Å². The van der Waals surface area contributed by atoms with Crippen LogP contribution < -0.4 is 4.74 Å². The summed E-state index contributed by atoms with van der Waals surface area (Å²) in [6.07, 6.45) is 0.885. The zero-order valence-electron chi connectivity index (χ0n) is 14.4. The van der Waals surface area contributed by atoms with Gasteiger partial charge in [-0.2, -0.15) is 0 Å². The first-order chi connectivity index (χ1) is 12.9. The molecule has 0 spiro atoms. The van der Waals surface area contributed by atoms with Crippen LogP contribution in [0.2, 0.25) is 0 Å². The lowest BCUT2D eigenvalue weighted by atomic mass is 9.90. The van der Waals surface area contributed by atoms with E-state index in [1.807, 2.05) is 6.07 Å². The predicted molar refractivity (Wildman–Crippen MR) is 107 cm³/mol. The van der Waals surface area contributed by atoms with Crippen molar-refractivity contribution in [3.8, 4) is 33.8 Å². The van der Waals surface area contributed by atoms with Gasteiger partial charge in [-0.25, -0.2) is 0 Å². The van der Waals surface area contributed by atoms with E-state index in [0.717, 1.165) is 23.5 Å². The minimum atomic E-state index is 0.885. The summed E-state index contributed by atoms with van der Waals surface area (Å²) < 4.78 is 6.43. The Balaban J connectivity index is 1.64. The van der Waals surface area contributed by atoms with Crippen molar-refractivity contribution in [3.63, 3.8) is 0 Å². The summed E-state index contributed by atoms with van der Waals surface area (Å²) in [6.45, 7) is 0. The highest BCUT2D eigenvalue weighted by Crippen LogP contribution is 2.45. The number of rotatable bonds is 2. The Hall–Kier alpha value is -3.32. The van der Waals surface area contributed by atoms with E-state index in [9.17, 15) is 0 Å². The molecule has 0 aliphatic carbocycles. The Morgan fingerprint density at radius 2 is 1.15 bits per heavy atom. The minimum Gasteiger partial charge on any atom is -0.456 e. The molecule has 0 bridgehead atoms. The second-order valence-electron chi connectivity index (χ2n) is 6.59. The molecule has 0 amide bonds. The number of hydrogen-bond donors (Lipinski definition) is 0. The van der Waals surface area contributed by atoms with Crippen LogP contribution >= 0.6 is 0 Å². The third-order valence-electron chi connectivity index (χ3n) is 4.98. The zero-order valence-corrected chi connectivity index (χ0v) is 14.4. The molecular weight excluding hydrogens is 316 g/mol. The quantitative estimate of drug-likeness (QED) is 0.348. The summed E-state index contributed by atoms with van der Waals surface area (Å²) in [5.41, 5.74) is 7.32. The Labute approximate surface area is 153 Å². The highest BCUT2D eigenvalue weighted by Gasteiger charge is 2.22. The molecule has 1 heteroatoms. The molecule has 0 unspecified atom stereocenters. The molecule has 0 saturated carbocycles. The Kier molecular flexibility index (Phi) is 3.57. The molecule has 0 N–H and O–H groups in total. The smallest absolute Gasteiger partial charge is 0.138 e. The van der Waals surface area contributed by atoms with Crippen LogP contribution in [0.4, 0.5) is 0 Å². The van der Waals surface area contributed by atoms with Gasteiger partial charge in [-0.3, -0.25) is 0 Å². The van der Waals surface area contributed by atoms with Crippen LogP contribution in [-0.2, 0) is 6.42 Å². The molecule has 124 valence electrons. The Morgan fingerprint density at radius 1 is 0.538 bits per heavy atom. The Bertz CT molecular complexity index is 977. The van der Waals surface area contributed by atoms with Crippen molar-refractivity contribution in [1.29, 1.82) is 0 Å². The van der Waals surface area contributed by atoms with Gasteiger partial charge in [0.2, 0.25) is 0 Å². The minimum absolute atomic E-state index is 0.885. The largest absolute Gasteiger partial charge is 0.456 e. The molecule has 1 nitrogen and oxygen atoms in total. The summed E-state index contributed by atoms with van der Waals surface area (Å²) >= 11 is 0. The van der Waals surface area contributed by atoms with Crippen LogP contribution in [-0.4, -0.2) is 0 Å². The Morgan fingerprint density at radius 3 is 1.88 bits per heavy atom. The molecule has 1 aliphatic heterocycles. The van der Waals surface area contributed by atoms with Crippen LogP contribution in [0.3, 0.4) is 0 Å². The molecule has 0 atom stereocenters. The van der Waals surface area contributed by atoms with E-state index in [1.165, 1.54) is 27.8 Å². The number of benzene rings is 4. The fraction of sp³-hybridized carbons (Fsp3) is 0.0400. The van der Waals surface area contributed by atoms with E-state index < -0.39 is 0 Å². The summed E-state index contributed by atoms with van der Waals surface area (Å²) in [5, 5.41) is 0. The van der Waals surface area contributed by atoms with Gasteiger partial charge in [0.1, 0.15) is 11.5 Å². The highest BCUT2D eigenvalue weighted by atomic mass is 16.5. The number of fused-ring (bicyclic) bond motifs is 2. The van der Waals surface area contributed by atoms with Crippen molar-refractivity contribution in [3.05, 3.63) is 108 Å². The summed E-state index contributed by atoms with van der Waals surface area (Å²) in [6, 6.07) is 33.8. The topological polar surface area (TPSA) is 9.23 Å². The van der Waals surface area contributed by atoms with Gasteiger partial charge in [0, 0.05) is 17.5 Å². The predicted octanol–water partition coefficient (Wildman–Crippen LogP) is 6.72. The maximum Gasteiger partial charge on any atom is 0.138 e. The first kappa shape index (κ1) is 15.0. The lowest BCUT2D eigenvalue weighted by Crippen LogP contribution is -2.05. The molecule has 0 saturated heterocycles. The molecule has 26 heavy (non-hydrogen) atoms. The lowest BCUT2D eigenvalue weighted by molar-refractivity contribution is 0.462. The highest BCUT2D eigenvalue weighted by molar-refractivity contribution is 5.77. The van der Waals surface area contributed by atoms with Crippen molar-refractivity contribution in [2.45, 2.75) is 6.42 Å². The van der Waals surface area contributed by atoms with Crippen LogP contribution in [0.5, 0.6) is 11.5 Å². The number of para-hydroxylation sites is 1. The third kappa shape index (κ3) is 2.49. The van der Waals surface area contributed by atoms with Crippen molar-refractivity contribution in [2.24, 2.45) is 0 Å². The molecule has 1 aliphatic rings. The molecule has 1 heterocycles. The van der Waals surface area contributed by atoms with E-state index in [2.05, 4.69) is 91.0 Å². The first-order valence-corrected chi connectivity index (χ1v) is 8.92. The zero-order chi connectivity index (χ0) is 17.3. The fourth-order valence-electron chi connectivity index (χ4n) is 3.72. The van der Waals surface area contributed by atoms with Gasteiger partial charge in [0.15, 0.2) is 0 Å². The normalized spacial score (nSPS) is 12.0. The lowest BCUT2D eigenvalue weighted by Gasteiger charge is -2.25. The van der Waals surface area contributed by atoms with Gasteiger partial charge >= 0.3 is 0 Å². The van der Waals surface area contributed by atoms with Gasteiger partial charge in [0.25, 0.3) is 0 Å². The number of hydrogen-bond acceptors (Lipinski definition) is 1. The molecule has 5 rings (SSSR count). The molecule has 4 aromatic rings. The summed E-state index contributed by atoms with van der Waals surface area (Å²) in [7, 11) is 0. The van der Waals surface area contributed by atoms with E-state index in [1.54, 1.807) is 0 Å². The van der Waals surface area contributed by atoms with Crippen LogP contribution in [0.15, 0.2) is 97.1 Å². The van der Waals surface area contributed by atoms with E-state index >= 15 is 0 Å². The SMILES string of the molecule is c1ccc(-c2cccc3c2Cc2cccc(-c4ccccc4)c2O3)cc1. The molecule has 0 radical (unpaired) electrons. The van der Waals surface area contributed by atoms with Crippen LogP contribution in [0, 0.1) is 0 Å². The standard InChI is InChI=1S/C25H18O/c1-3-9-18(10-4-1)21-14-8-16-24-23(21)17-20-13-7-15-22(25(20)26-24)19-11-5-2-6-12-19/h1-16H,17H2. The maximum atomic E-state index is 6.43. The molecule has 0 fully saturated rings. The fourth-order valence-corrected chi connectivity index (χ4v) is 3.72. The van der Waals surface area contributed by atoms with Gasteiger partial charge < -0.3 is 4.74 Å². The van der Waals surface area contributed by atoms with Gasteiger partial charge in [-0.15, -0.1) is 0 Å². The van der Waals surface area contributed by atoms with Crippen molar-refractivity contribution < 1.29 is 4.74 Å². The monoisotopic (exact) mass is 334 g/mol. The first-order valence-electron chi connectivity index (χ1n) is 8.92.